The zero-order valence-electron chi connectivity index (χ0n) is 14.0. The van der Waals surface area contributed by atoms with Crippen molar-refractivity contribution in [3.8, 4) is 0 Å². The van der Waals surface area contributed by atoms with Crippen LogP contribution in [0, 0.1) is 6.92 Å². The van der Waals surface area contributed by atoms with Crippen molar-refractivity contribution >= 4 is 34.6 Å². The van der Waals surface area contributed by atoms with E-state index >= 15 is 0 Å². The van der Waals surface area contributed by atoms with Gasteiger partial charge in [-0.2, -0.15) is 0 Å². The van der Waals surface area contributed by atoms with Gasteiger partial charge in [0.25, 0.3) is 0 Å². The second-order valence-electron chi connectivity index (χ2n) is 5.85. The molecule has 3 rings (SSSR count). The van der Waals surface area contributed by atoms with Crippen LogP contribution in [0.25, 0.3) is 0 Å². The molecule has 0 fully saturated rings. The number of hydrogen-bond donors (Lipinski definition) is 2. The number of halogens is 1. The van der Waals surface area contributed by atoms with E-state index in [0.717, 1.165) is 17.1 Å². The Hall–Kier alpha value is -2.37. The third kappa shape index (κ3) is 4.38. The van der Waals surface area contributed by atoms with Gasteiger partial charge in [0.15, 0.2) is 5.11 Å². The Labute approximate surface area is 157 Å². The second-order valence-corrected chi connectivity index (χ2v) is 6.69. The van der Waals surface area contributed by atoms with E-state index in [4.69, 9.17) is 23.8 Å². The van der Waals surface area contributed by atoms with Gasteiger partial charge in [0.05, 0.1) is 0 Å². The molecule has 128 valence electrons. The van der Waals surface area contributed by atoms with E-state index in [0.29, 0.717) is 10.1 Å². The smallest absolute Gasteiger partial charge is 0.171 e. The van der Waals surface area contributed by atoms with Gasteiger partial charge in [0.1, 0.15) is 11.9 Å². The maximum atomic E-state index is 6.02. The summed E-state index contributed by atoms with van der Waals surface area (Å²) in [6, 6.07) is 15.6. The third-order valence-corrected chi connectivity index (χ3v) is 4.38. The number of imidazole rings is 1. The quantitative estimate of drug-likeness (QED) is 0.665. The molecule has 0 aliphatic rings. The van der Waals surface area contributed by atoms with Gasteiger partial charge in [-0.25, -0.2) is 4.98 Å². The molecule has 1 heterocycles. The summed E-state index contributed by atoms with van der Waals surface area (Å²) in [4.78, 5) is 4.47. The molecular formula is C19H19ClN4S. The molecule has 0 saturated heterocycles. The van der Waals surface area contributed by atoms with E-state index in [2.05, 4.69) is 22.5 Å². The molecule has 0 bridgehead atoms. The number of benzene rings is 2. The highest BCUT2D eigenvalue weighted by molar-refractivity contribution is 7.80. The van der Waals surface area contributed by atoms with Crippen LogP contribution in [0.2, 0.25) is 5.02 Å². The number of aromatic nitrogens is 2. The molecule has 25 heavy (non-hydrogen) atoms. The van der Waals surface area contributed by atoms with Gasteiger partial charge < -0.3 is 15.2 Å². The van der Waals surface area contributed by atoms with Crippen LogP contribution in [0.1, 0.15) is 23.0 Å². The van der Waals surface area contributed by atoms with Crippen LogP contribution >= 0.6 is 23.8 Å². The highest BCUT2D eigenvalue weighted by atomic mass is 35.5. The number of nitrogens with zero attached hydrogens (tertiary/aromatic N) is 2. The maximum absolute atomic E-state index is 6.02. The van der Waals surface area contributed by atoms with Gasteiger partial charge in [-0.05, 0) is 49.0 Å². The minimum atomic E-state index is -0.178. The first-order valence-corrected chi connectivity index (χ1v) is 8.68. The van der Waals surface area contributed by atoms with Crippen LogP contribution in [0.15, 0.2) is 60.9 Å². The van der Waals surface area contributed by atoms with Crippen molar-refractivity contribution in [2.45, 2.75) is 13.0 Å². The largest absolute Gasteiger partial charge is 0.348 e. The van der Waals surface area contributed by atoms with Crippen LogP contribution in [-0.2, 0) is 7.05 Å². The first-order valence-electron chi connectivity index (χ1n) is 7.90. The molecule has 0 aliphatic heterocycles. The summed E-state index contributed by atoms with van der Waals surface area (Å²) in [5, 5.41) is 7.80. The number of anilines is 1. The average molecular weight is 371 g/mol. The topological polar surface area (TPSA) is 41.9 Å². The highest BCUT2D eigenvalue weighted by Gasteiger charge is 2.19. The van der Waals surface area contributed by atoms with Gasteiger partial charge >= 0.3 is 0 Å². The molecule has 0 unspecified atom stereocenters. The lowest BCUT2D eigenvalue weighted by Crippen LogP contribution is -2.34. The van der Waals surface area contributed by atoms with E-state index < -0.39 is 0 Å². The first kappa shape index (κ1) is 17.5. The fraction of sp³-hybridized carbons (Fsp3) is 0.158. The van der Waals surface area contributed by atoms with Crippen molar-refractivity contribution in [3.05, 3.63) is 82.9 Å². The average Bonchev–Trinajstić information content (AvgIpc) is 3.01. The summed E-state index contributed by atoms with van der Waals surface area (Å²) >= 11 is 11.5. The predicted molar refractivity (Wildman–Crippen MR) is 107 cm³/mol. The number of aryl methyl sites for hydroxylation is 2. The normalized spacial score (nSPS) is 11.8. The molecule has 0 amide bonds. The van der Waals surface area contributed by atoms with E-state index in [1.165, 1.54) is 5.56 Å². The molecule has 6 heteroatoms. The fourth-order valence-electron chi connectivity index (χ4n) is 2.54. The van der Waals surface area contributed by atoms with Gasteiger partial charge in [-0.15, -0.1) is 0 Å². The van der Waals surface area contributed by atoms with Crippen molar-refractivity contribution in [3.63, 3.8) is 0 Å². The van der Waals surface area contributed by atoms with Crippen molar-refractivity contribution in [1.82, 2.24) is 14.9 Å². The Bertz CT molecular complexity index is 856. The predicted octanol–water partition coefficient (Wildman–Crippen LogP) is 4.46. The summed E-state index contributed by atoms with van der Waals surface area (Å²) in [6.45, 7) is 2.05. The lowest BCUT2D eigenvalue weighted by Gasteiger charge is -2.21. The van der Waals surface area contributed by atoms with E-state index in [1.807, 2.05) is 66.3 Å². The highest BCUT2D eigenvalue weighted by Crippen LogP contribution is 2.22. The van der Waals surface area contributed by atoms with Gasteiger partial charge in [0, 0.05) is 30.2 Å². The van der Waals surface area contributed by atoms with Crippen molar-refractivity contribution in [2.75, 3.05) is 5.32 Å². The van der Waals surface area contributed by atoms with E-state index in [9.17, 15) is 0 Å². The molecule has 1 atom stereocenters. The first-order chi connectivity index (χ1) is 12.0. The Kier molecular flexibility index (Phi) is 5.36. The third-order valence-electron chi connectivity index (χ3n) is 3.90. The molecule has 2 aromatic carbocycles. The zero-order valence-corrected chi connectivity index (χ0v) is 15.6. The zero-order chi connectivity index (χ0) is 17.8. The van der Waals surface area contributed by atoms with Crippen molar-refractivity contribution in [2.24, 2.45) is 7.05 Å². The van der Waals surface area contributed by atoms with Gasteiger partial charge in [-0.3, -0.25) is 0 Å². The lowest BCUT2D eigenvalue weighted by atomic mass is 10.1. The van der Waals surface area contributed by atoms with Gasteiger partial charge in [0.2, 0.25) is 0 Å². The Morgan fingerprint density at radius 1 is 1.12 bits per heavy atom. The summed E-state index contributed by atoms with van der Waals surface area (Å²) in [5.41, 5.74) is 3.18. The monoisotopic (exact) mass is 370 g/mol. The Morgan fingerprint density at radius 3 is 2.40 bits per heavy atom. The number of nitrogens with one attached hydrogen (secondary N) is 2. The van der Waals surface area contributed by atoms with Crippen LogP contribution in [-0.4, -0.2) is 14.7 Å². The molecule has 0 radical (unpaired) electrons. The van der Waals surface area contributed by atoms with Crippen LogP contribution < -0.4 is 10.6 Å². The van der Waals surface area contributed by atoms with Crippen molar-refractivity contribution in [1.29, 1.82) is 0 Å². The molecule has 0 aliphatic carbocycles. The Balaban J connectivity index is 1.82. The number of thiocarbonyl (C=S) groups is 1. The number of rotatable bonds is 4. The summed E-state index contributed by atoms with van der Waals surface area (Å²) in [5.74, 6) is 0.871. The summed E-state index contributed by atoms with van der Waals surface area (Å²) in [6.07, 6.45) is 3.69. The molecule has 0 saturated carbocycles. The molecule has 1 aromatic heterocycles. The Morgan fingerprint density at radius 2 is 1.80 bits per heavy atom. The number of hydrogen-bond acceptors (Lipinski definition) is 2. The van der Waals surface area contributed by atoms with Crippen LogP contribution in [0.4, 0.5) is 5.69 Å². The van der Waals surface area contributed by atoms with E-state index in [1.54, 1.807) is 6.20 Å². The summed E-state index contributed by atoms with van der Waals surface area (Å²) < 4.78 is 1.97. The van der Waals surface area contributed by atoms with Crippen LogP contribution in [0.3, 0.4) is 0 Å². The molecule has 0 spiro atoms. The molecular weight excluding hydrogens is 352 g/mol. The second kappa shape index (κ2) is 7.68. The molecule has 4 nitrogen and oxygen atoms in total. The minimum absolute atomic E-state index is 0.178. The molecule has 2 N–H and O–H groups in total. The summed E-state index contributed by atoms with van der Waals surface area (Å²) in [7, 11) is 1.96. The fourth-order valence-corrected chi connectivity index (χ4v) is 2.90. The SMILES string of the molecule is Cc1ccc(NC(=S)N[C@H](c2ccc(Cl)cc2)c2nccn2C)cc1. The standard InChI is InChI=1S/C19H19ClN4S/c1-13-3-9-16(10-4-13)22-19(25)23-17(18-21-11-12-24(18)2)14-5-7-15(20)8-6-14/h3-12,17H,1-2H3,(H2,22,23,25)/t17-/m1/s1. The van der Waals surface area contributed by atoms with Crippen LogP contribution in [0.5, 0.6) is 0 Å². The maximum Gasteiger partial charge on any atom is 0.171 e. The van der Waals surface area contributed by atoms with Gasteiger partial charge in [-0.1, -0.05) is 41.4 Å². The minimum Gasteiger partial charge on any atom is -0.348 e. The lowest BCUT2D eigenvalue weighted by molar-refractivity contribution is 0.664. The van der Waals surface area contributed by atoms with E-state index in [-0.39, 0.29) is 6.04 Å². The van der Waals surface area contributed by atoms with Crippen molar-refractivity contribution < 1.29 is 0 Å². The molecule has 3 aromatic rings.